The zero-order valence-corrected chi connectivity index (χ0v) is 18.9. The van der Waals surface area contributed by atoms with Crippen LogP contribution in [0, 0.1) is 5.82 Å². The average Bonchev–Trinajstić information content (AvgIpc) is 2.75. The highest BCUT2D eigenvalue weighted by atomic mass is 79.9. The second-order valence-electron chi connectivity index (χ2n) is 6.52. The van der Waals surface area contributed by atoms with Crippen LogP contribution in [0.4, 0.5) is 10.2 Å². The largest absolute Gasteiger partial charge is 0.276 e. The summed E-state index contributed by atoms with van der Waals surface area (Å²) in [5.41, 5.74) is 3.40. The Kier molecular flexibility index (Phi) is 7.91. The number of nitrogens with zero attached hydrogens (tertiary/aromatic N) is 3. The normalized spacial score (nSPS) is 10.8. The summed E-state index contributed by atoms with van der Waals surface area (Å²) in [6.07, 6.45) is 2.15. The SMILES string of the molecule is CC(=O)N(CCON(C=O)c1cc2ccc(Br)cc2cn1)NCc1cccc(F)c1Cl. The van der Waals surface area contributed by atoms with Crippen LogP contribution in [0.15, 0.2) is 53.1 Å². The van der Waals surface area contributed by atoms with Crippen molar-refractivity contribution in [3.8, 4) is 0 Å². The Morgan fingerprint density at radius 1 is 1.29 bits per heavy atom. The number of fused-ring (bicyclic) bond motifs is 1. The lowest BCUT2D eigenvalue weighted by molar-refractivity contribution is -0.133. The van der Waals surface area contributed by atoms with E-state index in [1.165, 1.54) is 24.1 Å². The molecule has 3 aromatic rings. The second kappa shape index (κ2) is 10.6. The van der Waals surface area contributed by atoms with Crippen molar-refractivity contribution in [1.82, 2.24) is 15.4 Å². The summed E-state index contributed by atoms with van der Waals surface area (Å²) in [5, 5.41) is 4.10. The Labute approximate surface area is 191 Å². The van der Waals surface area contributed by atoms with Gasteiger partial charge in [0.2, 0.25) is 12.3 Å². The third kappa shape index (κ3) is 5.98. The number of benzene rings is 2. The molecule has 162 valence electrons. The highest BCUT2D eigenvalue weighted by Crippen LogP contribution is 2.23. The quantitative estimate of drug-likeness (QED) is 0.345. The molecule has 0 saturated carbocycles. The zero-order valence-electron chi connectivity index (χ0n) is 16.5. The summed E-state index contributed by atoms with van der Waals surface area (Å²) in [6, 6.07) is 11.9. The van der Waals surface area contributed by atoms with Crippen LogP contribution in [-0.2, 0) is 21.0 Å². The maximum Gasteiger partial charge on any atom is 0.239 e. The van der Waals surface area contributed by atoms with Gasteiger partial charge in [-0.25, -0.2) is 14.8 Å². The molecule has 0 aliphatic carbocycles. The molecule has 0 unspecified atom stereocenters. The van der Waals surface area contributed by atoms with Crippen LogP contribution >= 0.6 is 27.5 Å². The number of carbonyl (C=O) groups excluding carboxylic acids is 2. The molecule has 31 heavy (non-hydrogen) atoms. The van der Waals surface area contributed by atoms with Crippen molar-refractivity contribution in [3.05, 3.63) is 69.5 Å². The minimum absolute atomic E-state index is 0.00343. The van der Waals surface area contributed by atoms with Gasteiger partial charge < -0.3 is 0 Å². The van der Waals surface area contributed by atoms with Crippen molar-refractivity contribution in [1.29, 1.82) is 0 Å². The molecule has 0 bridgehead atoms. The Balaban J connectivity index is 1.60. The highest BCUT2D eigenvalue weighted by molar-refractivity contribution is 9.10. The molecule has 7 nitrogen and oxygen atoms in total. The van der Waals surface area contributed by atoms with Gasteiger partial charge in [-0.15, -0.1) is 0 Å². The number of rotatable bonds is 9. The number of hydroxylamine groups is 1. The van der Waals surface area contributed by atoms with Crippen LogP contribution in [0.2, 0.25) is 5.02 Å². The standard InChI is InChI=1S/C21H19BrClFN4O3/c1-14(30)27(26-12-16-3-2-4-19(24)21(16)23)7-8-31-28(13-29)20-10-15-5-6-18(22)9-17(15)11-25-20/h2-6,9-11,13,26H,7-8,12H2,1H3. The van der Waals surface area contributed by atoms with Gasteiger partial charge in [-0.05, 0) is 35.2 Å². The van der Waals surface area contributed by atoms with E-state index in [-0.39, 0.29) is 30.6 Å². The van der Waals surface area contributed by atoms with Gasteiger partial charge in [0.05, 0.1) is 18.2 Å². The first kappa shape index (κ1) is 23.1. The minimum Gasteiger partial charge on any atom is -0.276 e. The summed E-state index contributed by atoms with van der Waals surface area (Å²) < 4.78 is 14.5. The van der Waals surface area contributed by atoms with E-state index in [0.717, 1.165) is 20.3 Å². The lowest BCUT2D eigenvalue weighted by atomic mass is 10.2. The maximum atomic E-state index is 13.6. The first-order valence-electron chi connectivity index (χ1n) is 9.26. The molecule has 0 aliphatic rings. The molecule has 0 aliphatic heterocycles. The van der Waals surface area contributed by atoms with E-state index in [1.54, 1.807) is 18.3 Å². The topological polar surface area (TPSA) is 74.8 Å². The van der Waals surface area contributed by atoms with Crippen molar-refractivity contribution < 1.29 is 18.8 Å². The third-order valence-electron chi connectivity index (χ3n) is 4.41. The summed E-state index contributed by atoms with van der Waals surface area (Å²) >= 11 is 9.35. The van der Waals surface area contributed by atoms with E-state index in [9.17, 15) is 14.0 Å². The fourth-order valence-corrected chi connectivity index (χ4v) is 3.39. The van der Waals surface area contributed by atoms with Crippen LogP contribution in [0.3, 0.4) is 0 Å². The molecule has 1 heterocycles. The molecule has 0 radical (unpaired) electrons. The molecule has 0 saturated heterocycles. The first-order chi connectivity index (χ1) is 14.9. The van der Waals surface area contributed by atoms with E-state index in [4.69, 9.17) is 16.4 Å². The Morgan fingerprint density at radius 3 is 2.84 bits per heavy atom. The van der Waals surface area contributed by atoms with Crippen LogP contribution in [0.25, 0.3) is 10.8 Å². The predicted octanol–water partition coefficient (Wildman–Crippen LogP) is 4.24. The van der Waals surface area contributed by atoms with Crippen LogP contribution < -0.4 is 10.5 Å². The van der Waals surface area contributed by atoms with E-state index in [2.05, 4.69) is 26.3 Å². The van der Waals surface area contributed by atoms with Crippen LogP contribution in [0.5, 0.6) is 0 Å². The Bertz CT molecular complexity index is 1100. The minimum atomic E-state index is -0.532. The van der Waals surface area contributed by atoms with E-state index < -0.39 is 5.82 Å². The molecule has 0 atom stereocenters. The van der Waals surface area contributed by atoms with Gasteiger partial charge in [0.15, 0.2) is 5.82 Å². The van der Waals surface area contributed by atoms with Crippen molar-refractivity contribution in [3.63, 3.8) is 0 Å². The Morgan fingerprint density at radius 2 is 2.10 bits per heavy atom. The molecule has 0 fully saturated rings. The lowest BCUT2D eigenvalue weighted by Gasteiger charge is -2.24. The van der Waals surface area contributed by atoms with Gasteiger partial charge >= 0.3 is 0 Å². The summed E-state index contributed by atoms with van der Waals surface area (Å²) in [4.78, 5) is 33.1. The van der Waals surface area contributed by atoms with Crippen LogP contribution in [0.1, 0.15) is 12.5 Å². The number of amides is 2. The van der Waals surface area contributed by atoms with Gasteiger partial charge in [-0.3, -0.25) is 19.4 Å². The second-order valence-corrected chi connectivity index (χ2v) is 7.81. The number of halogens is 3. The van der Waals surface area contributed by atoms with E-state index in [0.29, 0.717) is 17.8 Å². The number of nitrogens with one attached hydrogen (secondary N) is 1. The Hall–Kier alpha value is -2.59. The van der Waals surface area contributed by atoms with Gasteiger partial charge in [0.25, 0.3) is 0 Å². The van der Waals surface area contributed by atoms with Crippen molar-refractivity contribution in [2.75, 3.05) is 18.2 Å². The number of anilines is 1. The van der Waals surface area contributed by atoms with Crippen molar-refractivity contribution in [2.24, 2.45) is 0 Å². The number of pyridine rings is 1. The van der Waals surface area contributed by atoms with Gasteiger partial charge in [-0.2, -0.15) is 5.06 Å². The molecule has 1 N–H and O–H groups in total. The van der Waals surface area contributed by atoms with Gasteiger partial charge in [0.1, 0.15) is 5.82 Å². The molecular formula is C21H19BrClFN4O3. The van der Waals surface area contributed by atoms with Gasteiger partial charge in [0, 0.05) is 29.5 Å². The highest BCUT2D eigenvalue weighted by Gasteiger charge is 2.14. The average molecular weight is 510 g/mol. The fourth-order valence-electron chi connectivity index (χ4n) is 2.82. The molecular weight excluding hydrogens is 491 g/mol. The number of aromatic nitrogens is 1. The summed E-state index contributed by atoms with van der Waals surface area (Å²) in [5.74, 6) is -0.488. The summed E-state index contributed by atoms with van der Waals surface area (Å²) in [7, 11) is 0. The zero-order chi connectivity index (χ0) is 22.4. The van der Waals surface area contributed by atoms with E-state index in [1.807, 2.05) is 18.2 Å². The molecule has 2 amide bonds. The lowest BCUT2D eigenvalue weighted by Crippen LogP contribution is -2.44. The first-order valence-corrected chi connectivity index (χ1v) is 10.4. The molecule has 1 aromatic heterocycles. The van der Waals surface area contributed by atoms with E-state index >= 15 is 0 Å². The van der Waals surface area contributed by atoms with Gasteiger partial charge in [-0.1, -0.05) is 45.7 Å². The fraction of sp³-hybridized carbons (Fsp3) is 0.190. The third-order valence-corrected chi connectivity index (χ3v) is 5.32. The monoisotopic (exact) mass is 508 g/mol. The molecule has 3 rings (SSSR count). The molecule has 0 spiro atoms. The van der Waals surface area contributed by atoms with Crippen molar-refractivity contribution in [2.45, 2.75) is 13.5 Å². The smallest absolute Gasteiger partial charge is 0.239 e. The predicted molar refractivity (Wildman–Crippen MR) is 120 cm³/mol. The molecule has 2 aromatic carbocycles. The maximum absolute atomic E-state index is 13.6. The number of hydrogen-bond acceptors (Lipinski definition) is 5. The number of carbonyl (C=O) groups is 2. The van der Waals surface area contributed by atoms with Crippen molar-refractivity contribution >= 4 is 56.4 Å². The summed E-state index contributed by atoms with van der Waals surface area (Å²) in [6.45, 7) is 1.67. The van der Waals surface area contributed by atoms with Crippen LogP contribution in [-0.4, -0.2) is 35.5 Å². The molecule has 10 heteroatoms. The number of hydrazine groups is 1. The number of hydrogen-bond donors (Lipinski definition) is 1.